The second-order valence-corrected chi connectivity index (χ2v) is 8.54. The number of ether oxygens (including phenoxy) is 2. The van der Waals surface area contributed by atoms with Crippen LogP contribution in [0.25, 0.3) is 0 Å². The van der Waals surface area contributed by atoms with Gasteiger partial charge in [0.2, 0.25) is 0 Å². The molecule has 2 rings (SSSR count). The van der Waals surface area contributed by atoms with Gasteiger partial charge in [-0.2, -0.15) is 11.8 Å². The largest absolute Gasteiger partial charge is 0.497 e. The van der Waals surface area contributed by atoms with Gasteiger partial charge in [-0.3, -0.25) is 4.99 Å². The number of nitrogens with one attached hydrogen (secondary N) is 2. The first kappa shape index (κ1) is 26.2. The van der Waals surface area contributed by atoms with E-state index in [0.29, 0.717) is 17.5 Å². The van der Waals surface area contributed by atoms with E-state index >= 15 is 0 Å². The third-order valence-corrected chi connectivity index (χ3v) is 6.13. The molecule has 0 amide bonds. The lowest BCUT2D eigenvalue weighted by Gasteiger charge is -2.30. The molecular formula is C21H36IN3O3S. The quantitative estimate of drug-likeness (QED) is 0.252. The summed E-state index contributed by atoms with van der Waals surface area (Å²) in [4.78, 5) is 4.62. The van der Waals surface area contributed by atoms with Gasteiger partial charge in [0.15, 0.2) is 5.96 Å². The van der Waals surface area contributed by atoms with Gasteiger partial charge in [0.25, 0.3) is 0 Å². The Balaban J connectivity index is 0.00000420. The number of aliphatic hydroxyl groups excluding tert-OH is 1. The molecule has 8 heteroatoms. The van der Waals surface area contributed by atoms with Crippen molar-refractivity contribution in [2.75, 3.05) is 33.1 Å². The Morgan fingerprint density at radius 1 is 1.21 bits per heavy atom. The predicted octanol–water partition coefficient (Wildman–Crippen LogP) is 3.97. The standard InChI is InChI=1S/C21H35N3O3S.HI/c1-5-22-21(24-16-8-7-9-19(12-16)28-6-2)23-14-20(25)15-10-17(26-3)13-18(11-15)27-4;/h10-11,13,16,19-20,25H,5-9,12,14H2,1-4H3,(H2,22,23,24);1H. The number of thioether (sulfide) groups is 1. The highest BCUT2D eigenvalue weighted by molar-refractivity contribution is 14.0. The molecule has 0 radical (unpaired) electrons. The summed E-state index contributed by atoms with van der Waals surface area (Å²) >= 11 is 2.05. The highest BCUT2D eigenvalue weighted by Gasteiger charge is 2.22. The first-order chi connectivity index (χ1) is 13.6. The Hall–Kier alpha value is -0.870. The Labute approximate surface area is 196 Å². The molecule has 0 saturated heterocycles. The van der Waals surface area contributed by atoms with Gasteiger partial charge >= 0.3 is 0 Å². The fourth-order valence-corrected chi connectivity index (χ4v) is 4.65. The number of hydrogen-bond acceptors (Lipinski definition) is 5. The van der Waals surface area contributed by atoms with E-state index in [1.54, 1.807) is 20.3 Å². The van der Waals surface area contributed by atoms with Crippen molar-refractivity contribution in [3.8, 4) is 11.5 Å². The van der Waals surface area contributed by atoms with E-state index < -0.39 is 6.10 Å². The molecular weight excluding hydrogens is 501 g/mol. The molecule has 3 atom stereocenters. The van der Waals surface area contributed by atoms with Crippen molar-refractivity contribution in [1.82, 2.24) is 10.6 Å². The van der Waals surface area contributed by atoms with Crippen molar-refractivity contribution in [2.45, 2.75) is 56.9 Å². The van der Waals surface area contributed by atoms with Crippen molar-refractivity contribution in [1.29, 1.82) is 0 Å². The van der Waals surface area contributed by atoms with Crippen molar-refractivity contribution in [3.05, 3.63) is 23.8 Å². The van der Waals surface area contributed by atoms with Gasteiger partial charge in [0, 0.05) is 23.9 Å². The molecule has 1 aromatic rings. The molecule has 6 nitrogen and oxygen atoms in total. The highest BCUT2D eigenvalue weighted by Crippen LogP contribution is 2.29. The average Bonchev–Trinajstić information content (AvgIpc) is 2.72. The summed E-state index contributed by atoms with van der Waals surface area (Å²) in [7, 11) is 3.20. The molecule has 0 heterocycles. The maximum atomic E-state index is 10.6. The summed E-state index contributed by atoms with van der Waals surface area (Å²) in [5.74, 6) is 3.25. The molecule has 1 aliphatic carbocycles. The number of methoxy groups -OCH3 is 2. The second kappa shape index (κ2) is 14.2. The molecule has 3 unspecified atom stereocenters. The summed E-state index contributed by atoms with van der Waals surface area (Å²) in [5.41, 5.74) is 0.730. The minimum atomic E-state index is -0.728. The SMILES string of the molecule is CCNC(=NCC(O)c1cc(OC)cc(OC)c1)NC1CCCC(SCC)C1.I. The molecule has 1 aromatic carbocycles. The molecule has 0 aromatic heterocycles. The summed E-state index contributed by atoms with van der Waals surface area (Å²) < 4.78 is 10.6. The lowest BCUT2D eigenvalue weighted by Crippen LogP contribution is -2.46. The van der Waals surface area contributed by atoms with E-state index in [2.05, 4.69) is 41.2 Å². The highest BCUT2D eigenvalue weighted by atomic mass is 127. The van der Waals surface area contributed by atoms with Gasteiger partial charge in [-0.05, 0) is 49.6 Å². The van der Waals surface area contributed by atoms with Gasteiger partial charge in [0.05, 0.1) is 26.9 Å². The number of hydrogen-bond donors (Lipinski definition) is 3. The molecule has 1 fully saturated rings. The van der Waals surface area contributed by atoms with Gasteiger partial charge in [0.1, 0.15) is 11.5 Å². The van der Waals surface area contributed by atoms with Crippen LogP contribution in [0.5, 0.6) is 11.5 Å². The van der Waals surface area contributed by atoms with E-state index in [4.69, 9.17) is 9.47 Å². The van der Waals surface area contributed by atoms with Gasteiger partial charge < -0.3 is 25.2 Å². The number of aliphatic imine (C=N–C) groups is 1. The summed E-state index contributed by atoms with van der Waals surface area (Å²) in [6.45, 7) is 5.33. The number of halogens is 1. The van der Waals surface area contributed by atoms with E-state index in [1.807, 2.05) is 12.1 Å². The van der Waals surface area contributed by atoms with E-state index in [0.717, 1.165) is 23.3 Å². The van der Waals surface area contributed by atoms with E-state index in [-0.39, 0.29) is 30.5 Å². The fraction of sp³-hybridized carbons (Fsp3) is 0.667. The van der Waals surface area contributed by atoms with Gasteiger partial charge in [-0.15, -0.1) is 24.0 Å². The first-order valence-corrected chi connectivity index (χ1v) is 11.2. The van der Waals surface area contributed by atoms with Crippen molar-refractivity contribution >= 4 is 41.7 Å². The zero-order chi connectivity index (χ0) is 20.4. The number of rotatable bonds is 9. The van der Waals surface area contributed by atoms with Crippen LogP contribution in [-0.4, -0.2) is 55.4 Å². The summed E-state index contributed by atoms with van der Waals surface area (Å²) in [6, 6.07) is 5.86. The molecule has 0 aliphatic heterocycles. The van der Waals surface area contributed by atoms with Crippen LogP contribution < -0.4 is 20.1 Å². The molecule has 0 spiro atoms. The predicted molar refractivity (Wildman–Crippen MR) is 133 cm³/mol. The van der Waals surface area contributed by atoms with E-state index in [9.17, 15) is 5.11 Å². The second-order valence-electron chi connectivity index (χ2n) is 6.97. The van der Waals surface area contributed by atoms with Crippen LogP contribution >= 0.6 is 35.7 Å². The monoisotopic (exact) mass is 537 g/mol. The minimum absolute atomic E-state index is 0. The Bertz CT molecular complexity index is 609. The lowest BCUT2D eigenvalue weighted by atomic mass is 9.95. The number of guanidine groups is 1. The van der Waals surface area contributed by atoms with Crippen molar-refractivity contribution in [3.63, 3.8) is 0 Å². The summed E-state index contributed by atoms with van der Waals surface area (Å²) in [6.07, 6.45) is 4.16. The maximum absolute atomic E-state index is 10.6. The minimum Gasteiger partial charge on any atom is -0.497 e. The van der Waals surface area contributed by atoms with Crippen LogP contribution in [0.3, 0.4) is 0 Å². The molecule has 1 saturated carbocycles. The summed E-state index contributed by atoms with van der Waals surface area (Å²) in [5, 5.41) is 18.2. The lowest BCUT2D eigenvalue weighted by molar-refractivity contribution is 0.186. The Kier molecular flexibility index (Phi) is 12.8. The Morgan fingerprint density at radius 3 is 2.48 bits per heavy atom. The van der Waals surface area contributed by atoms with Gasteiger partial charge in [-0.1, -0.05) is 13.3 Å². The maximum Gasteiger partial charge on any atom is 0.191 e. The smallest absolute Gasteiger partial charge is 0.191 e. The van der Waals surface area contributed by atoms with Crippen LogP contribution in [0.2, 0.25) is 0 Å². The van der Waals surface area contributed by atoms with Crippen LogP contribution in [0.15, 0.2) is 23.2 Å². The van der Waals surface area contributed by atoms with Crippen LogP contribution in [0, 0.1) is 0 Å². The third kappa shape index (κ3) is 8.80. The van der Waals surface area contributed by atoms with Crippen LogP contribution in [0.4, 0.5) is 0 Å². The topological polar surface area (TPSA) is 75.1 Å². The van der Waals surface area contributed by atoms with Gasteiger partial charge in [-0.25, -0.2) is 0 Å². The Morgan fingerprint density at radius 2 is 1.90 bits per heavy atom. The van der Waals surface area contributed by atoms with Crippen LogP contribution in [-0.2, 0) is 0 Å². The van der Waals surface area contributed by atoms with E-state index in [1.165, 1.54) is 31.4 Å². The fourth-order valence-electron chi connectivity index (χ4n) is 3.48. The van der Waals surface area contributed by atoms with Crippen molar-refractivity contribution < 1.29 is 14.6 Å². The number of nitrogens with zero attached hydrogens (tertiary/aromatic N) is 1. The zero-order valence-corrected chi connectivity index (χ0v) is 21.1. The van der Waals surface area contributed by atoms with Crippen molar-refractivity contribution in [2.24, 2.45) is 4.99 Å². The molecule has 1 aliphatic rings. The van der Waals surface area contributed by atoms with Crippen LogP contribution in [0.1, 0.15) is 51.2 Å². The molecule has 29 heavy (non-hydrogen) atoms. The first-order valence-electron chi connectivity index (χ1n) is 10.2. The molecule has 0 bridgehead atoms. The molecule has 166 valence electrons. The number of aliphatic hydroxyl groups is 1. The third-order valence-electron chi connectivity index (χ3n) is 4.89. The average molecular weight is 538 g/mol. The normalized spacial score (nSPS) is 20.4. The zero-order valence-electron chi connectivity index (χ0n) is 17.9. The molecule has 3 N–H and O–H groups in total. The number of benzene rings is 1.